The van der Waals surface area contributed by atoms with E-state index in [0.29, 0.717) is 12.1 Å². The summed E-state index contributed by atoms with van der Waals surface area (Å²) in [7, 11) is 0. The molecule has 5 nitrogen and oxygen atoms in total. The van der Waals surface area contributed by atoms with E-state index in [1.807, 2.05) is 0 Å². The van der Waals surface area contributed by atoms with Crippen molar-refractivity contribution in [2.75, 3.05) is 39.4 Å². The van der Waals surface area contributed by atoms with E-state index in [9.17, 15) is 0 Å². The average molecular weight is 255 g/mol. The highest BCUT2D eigenvalue weighted by Gasteiger charge is 2.33. The smallest absolute Gasteiger partial charge is 0.0754 e. The van der Waals surface area contributed by atoms with Crippen LogP contribution < -0.4 is 11.1 Å². The number of nitrogens with two attached hydrogens (primary N) is 1. The number of nitrogens with one attached hydrogen (secondary N) is 1. The highest BCUT2D eigenvalue weighted by Crippen LogP contribution is 2.21. The van der Waals surface area contributed by atoms with E-state index in [2.05, 4.69) is 10.2 Å². The largest absolute Gasteiger partial charge is 0.378 e. The van der Waals surface area contributed by atoms with Gasteiger partial charge in [-0.1, -0.05) is 0 Å². The minimum absolute atomic E-state index is 0.154. The molecule has 0 radical (unpaired) electrons. The third-order valence-electron chi connectivity index (χ3n) is 4.38. The maximum Gasteiger partial charge on any atom is 0.0754 e. The molecule has 0 bridgehead atoms. The van der Waals surface area contributed by atoms with Gasteiger partial charge in [0.05, 0.1) is 31.5 Å². The van der Waals surface area contributed by atoms with Gasteiger partial charge in [0, 0.05) is 19.1 Å². The molecule has 3 saturated heterocycles. The fourth-order valence-corrected chi connectivity index (χ4v) is 3.12. The van der Waals surface area contributed by atoms with Crippen LogP contribution in [-0.4, -0.2) is 68.6 Å². The molecule has 3 aliphatic rings. The van der Waals surface area contributed by atoms with Crippen molar-refractivity contribution in [3.63, 3.8) is 0 Å². The highest BCUT2D eigenvalue weighted by molar-refractivity contribution is 4.86. The molecule has 0 aliphatic carbocycles. The van der Waals surface area contributed by atoms with Crippen LogP contribution in [0.2, 0.25) is 0 Å². The highest BCUT2D eigenvalue weighted by atomic mass is 16.5. The van der Waals surface area contributed by atoms with Gasteiger partial charge in [0.1, 0.15) is 0 Å². The van der Waals surface area contributed by atoms with E-state index in [-0.39, 0.29) is 12.1 Å². The molecule has 0 aromatic heterocycles. The molecule has 3 aliphatic heterocycles. The summed E-state index contributed by atoms with van der Waals surface area (Å²) in [6, 6.07) is 0.791. The van der Waals surface area contributed by atoms with Crippen molar-refractivity contribution in [3.8, 4) is 0 Å². The zero-order chi connectivity index (χ0) is 12.4. The van der Waals surface area contributed by atoms with Gasteiger partial charge in [0.15, 0.2) is 0 Å². The van der Waals surface area contributed by atoms with Crippen LogP contribution in [0.15, 0.2) is 0 Å². The number of ether oxygens (including phenoxy) is 2. The molecule has 3 rings (SSSR count). The van der Waals surface area contributed by atoms with E-state index in [1.165, 1.54) is 19.4 Å². The summed E-state index contributed by atoms with van der Waals surface area (Å²) >= 11 is 0. The Morgan fingerprint density at radius 3 is 2.89 bits per heavy atom. The van der Waals surface area contributed by atoms with Crippen molar-refractivity contribution in [1.82, 2.24) is 10.2 Å². The molecule has 0 aromatic carbocycles. The second kappa shape index (κ2) is 5.84. The van der Waals surface area contributed by atoms with Gasteiger partial charge in [-0.2, -0.15) is 0 Å². The lowest BCUT2D eigenvalue weighted by Gasteiger charge is -2.43. The van der Waals surface area contributed by atoms with Gasteiger partial charge in [-0.05, 0) is 32.4 Å². The number of hydrogen-bond donors (Lipinski definition) is 2. The van der Waals surface area contributed by atoms with Crippen molar-refractivity contribution < 1.29 is 9.47 Å². The van der Waals surface area contributed by atoms with Crippen LogP contribution in [0.5, 0.6) is 0 Å². The average Bonchev–Trinajstić information content (AvgIpc) is 2.31. The summed E-state index contributed by atoms with van der Waals surface area (Å²) < 4.78 is 11.5. The Bertz CT molecular complexity index is 273. The molecule has 0 saturated carbocycles. The van der Waals surface area contributed by atoms with Crippen LogP contribution in [0.1, 0.15) is 19.3 Å². The molecule has 3 fully saturated rings. The molecule has 2 unspecified atom stereocenters. The first kappa shape index (κ1) is 12.8. The predicted octanol–water partition coefficient (Wildman–Crippen LogP) is -0.445. The summed E-state index contributed by atoms with van der Waals surface area (Å²) in [5.41, 5.74) is 6.11. The van der Waals surface area contributed by atoms with Crippen LogP contribution in [0.3, 0.4) is 0 Å². The number of piperidine rings is 2. The quantitative estimate of drug-likeness (QED) is 0.716. The molecule has 0 amide bonds. The first-order valence-corrected chi connectivity index (χ1v) is 7.26. The van der Waals surface area contributed by atoms with E-state index in [0.717, 1.165) is 39.3 Å². The van der Waals surface area contributed by atoms with Gasteiger partial charge in [0.2, 0.25) is 0 Å². The van der Waals surface area contributed by atoms with E-state index >= 15 is 0 Å². The summed E-state index contributed by atoms with van der Waals surface area (Å²) in [6.07, 6.45) is 4.08. The molecule has 0 spiro atoms. The molecule has 5 heteroatoms. The first-order valence-electron chi connectivity index (χ1n) is 7.26. The van der Waals surface area contributed by atoms with Gasteiger partial charge in [-0.15, -0.1) is 0 Å². The predicted molar refractivity (Wildman–Crippen MR) is 69.5 cm³/mol. The summed E-state index contributed by atoms with van der Waals surface area (Å²) in [4.78, 5) is 2.53. The van der Waals surface area contributed by atoms with E-state index in [1.54, 1.807) is 0 Å². The topological polar surface area (TPSA) is 59.8 Å². The zero-order valence-electron chi connectivity index (χ0n) is 11.0. The second-order valence-electron chi connectivity index (χ2n) is 5.78. The molecule has 3 N–H and O–H groups in total. The van der Waals surface area contributed by atoms with Crippen LogP contribution in [0, 0.1) is 0 Å². The van der Waals surface area contributed by atoms with Gasteiger partial charge in [-0.3, -0.25) is 4.90 Å². The van der Waals surface area contributed by atoms with Crippen LogP contribution in [0.4, 0.5) is 0 Å². The lowest BCUT2D eigenvalue weighted by Crippen LogP contribution is -2.56. The van der Waals surface area contributed by atoms with Crippen LogP contribution in [-0.2, 0) is 9.47 Å². The molecular weight excluding hydrogens is 230 g/mol. The first-order chi connectivity index (χ1) is 8.83. The normalized spacial score (nSPS) is 39.5. The SMILES string of the molecule is NC1CNCCC1O[C@H]1CCCN(C2COC2)C1. The number of nitrogens with zero attached hydrogens (tertiary/aromatic N) is 1. The molecule has 18 heavy (non-hydrogen) atoms. The molecule has 0 aromatic rings. The standard InChI is InChI=1S/C13H25N3O2/c14-12-6-15-4-3-13(12)18-11-2-1-5-16(7-11)10-8-17-9-10/h10-13,15H,1-9,14H2/t11-,12?,13?/m0/s1. The van der Waals surface area contributed by atoms with Crippen molar-refractivity contribution in [1.29, 1.82) is 0 Å². The van der Waals surface area contributed by atoms with E-state index < -0.39 is 0 Å². The number of rotatable bonds is 3. The monoisotopic (exact) mass is 255 g/mol. The van der Waals surface area contributed by atoms with Crippen LogP contribution in [0.25, 0.3) is 0 Å². The van der Waals surface area contributed by atoms with Gasteiger partial charge in [-0.25, -0.2) is 0 Å². The summed E-state index contributed by atoms with van der Waals surface area (Å²) in [5.74, 6) is 0. The minimum atomic E-state index is 0.154. The Balaban J connectivity index is 1.49. The fraction of sp³-hybridized carbons (Fsp3) is 1.00. The Morgan fingerprint density at radius 2 is 2.17 bits per heavy atom. The Kier molecular flexibility index (Phi) is 4.16. The van der Waals surface area contributed by atoms with E-state index in [4.69, 9.17) is 15.2 Å². The third kappa shape index (κ3) is 2.86. The van der Waals surface area contributed by atoms with Crippen molar-refractivity contribution >= 4 is 0 Å². The number of hydrogen-bond acceptors (Lipinski definition) is 5. The van der Waals surface area contributed by atoms with Crippen LogP contribution >= 0.6 is 0 Å². The maximum atomic E-state index is 6.25. The third-order valence-corrected chi connectivity index (χ3v) is 4.38. The summed E-state index contributed by atoms with van der Waals surface area (Å²) in [5, 5.41) is 3.32. The fourth-order valence-electron chi connectivity index (χ4n) is 3.12. The second-order valence-corrected chi connectivity index (χ2v) is 5.78. The Hall–Kier alpha value is -0.200. The molecule has 3 atom stereocenters. The Morgan fingerprint density at radius 1 is 1.28 bits per heavy atom. The lowest BCUT2D eigenvalue weighted by molar-refractivity contribution is -0.112. The van der Waals surface area contributed by atoms with Crippen molar-refractivity contribution in [2.24, 2.45) is 5.73 Å². The zero-order valence-corrected chi connectivity index (χ0v) is 11.0. The lowest BCUT2D eigenvalue weighted by atomic mass is 10.0. The minimum Gasteiger partial charge on any atom is -0.378 e. The maximum absolute atomic E-state index is 6.25. The molecule has 104 valence electrons. The van der Waals surface area contributed by atoms with Crippen molar-refractivity contribution in [2.45, 2.75) is 43.6 Å². The Labute approximate surface area is 109 Å². The number of likely N-dealkylation sites (tertiary alicyclic amines) is 1. The van der Waals surface area contributed by atoms with Gasteiger partial charge >= 0.3 is 0 Å². The summed E-state index contributed by atoms with van der Waals surface area (Å²) in [6.45, 7) is 5.98. The van der Waals surface area contributed by atoms with Gasteiger partial charge in [0.25, 0.3) is 0 Å². The molecule has 3 heterocycles. The van der Waals surface area contributed by atoms with Crippen molar-refractivity contribution in [3.05, 3.63) is 0 Å². The van der Waals surface area contributed by atoms with Gasteiger partial charge < -0.3 is 20.5 Å². The molecular formula is C13H25N3O2.